The largest absolute Gasteiger partial charge is 0.442 e. The average molecular weight is 463 g/mol. The summed E-state index contributed by atoms with van der Waals surface area (Å²) in [6.45, 7) is 1.93. The lowest BCUT2D eigenvalue weighted by Gasteiger charge is -2.15. The molecule has 2 aromatic heterocycles. The Morgan fingerprint density at radius 3 is 2.71 bits per heavy atom. The second kappa shape index (κ2) is 7.56. The lowest BCUT2D eigenvalue weighted by Crippen LogP contribution is -2.26. The van der Waals surface area contributed by atoms with Gasteiger partial charge >= 0.3 is 6.09 Å². The van der Waals surface area contributed by atoms with Crippen LogP contribution in [0.1, 0.15) is 5.69 Å². The third-order valence-electron chi connectivity index (χ3n) is 7.00. The number of nitrogens with one attached hydrogen (secondary N) is 1. The number of aromatic nitrogens is 4. The molecule has 4 atom stereocenters. The van der Waals surface area contributed by atoms with Gasteiger partial charge in [-0.1, -0.05) is 16.4 Å². The number of piperidine rings is 1. The molecular weight excluding hydrogens is 444 g/mol. The van der Waals surface area contributed by atoms with Crippen LogP contribution in [-0.4, -0.2) is 51.8 Å². The van der Waals surface area contributed by atoms with Crippen LogP contribution in [0.25, 0.3) is 11.1 Å². The van der Waals surface area contributed by atoms with Gasteiger partial charge in [0.1, 0.15) is 17.3 Å². The molecule has 0 bridgehead atoms. The molecule has 34 heavy (non-hydrogen) atoms. The van der Waals surface area contributed by atoms with Crippen LogP contribution < -0.4 is 10.2 Å². The summed E-state index contributed by atoms with van der Waals surface area (Å²) >= 11 is 0. The molecule has 0 unspecified atom stereocenters. The molecule has 1 saturated carbocycles. The Balaban J connectivity index is 1.19. The number of benzene rings is 1. The van der Waals surface area contributed by atoms with E-state index in [4.69, 9.17) is 4.74 Å². The zero-order valence-corrected chi connectivity index (χ0v) is 17.9. The first-order valence-corrected chi connectivity index (χ1v) is 10.9. The SMILES string of the molecule is N#C[C@]1(c2ccc(-c3ccc(N4C[C@H](Cn5cc(F)nn5)OC4=O)cc3F)cn2)[C@@H]2CNC[C@@H]21. The number of hydrogen-bond donors (Lipinski definition) is 1. The normalized spacial score (nSPS) is 27.4. The summed E-state index contributed by atoms with van der Waals surface area (Å²) in [4.78, 5) is 18.1. The maximum Gasteiger partial charge on any atom is 0.414 e. The highest BCUT2D eigenvalue weighted by Gasteiger charge is 2.69. The van der Waals surface area contributed by atoms with Gasteiger partial charge in [0.25, 0.3) is 5.95 Å². The number of nitriles is 1. The van der Waals surface area contributed by atoms with E-state index in [1.54, 1.807) is 30.5 Å². The van der Waals surface area contributed by atoms with Gasteiger partial charge in [0, 0.05) is 42.2 Å². The van der Waals surface area contributed by atoms with E-state index in [0.29, 0.717) is 16.8 Å². The maximum absolute atomic E-state index is 15.0. The molecule has 2 aliphatic heterocycles. The number of nitrogens with zero attached hydrogens (tertiary/aromatic N) is 6. The summed E-state index contributed by atoms with van der Waals surface area (Å²) in [6.07, 6.45) is 1.51. The number of halogens is 2. The maximum atomic E-state index is 15.0. The second-order valence-corrected chi connectivity index (χ2v) is 8.83. The first kappa shape index (κ1) is 20.7. The van der Waals surface area contributed by atoms with Gasteiger partial charge in [0.15, 0.2) is 0 Å². The first-order chi connectivity index (χ1) is 16.5. The standard InChI is InChI=1S/C23H19F2N7O2/c24-19-5-14(32-10-15(34-22(32)33)9-31-11-21(25)29-30-31)2-3-16(19)13-1-4-20(28-6-13)23(12-26)17-7-27-8-18(17)23/h1-6,11,15,17-18,27H,7-10H2/t15-,17-,18+,23+/m0/s1. The molecule has 6 rings (SSSR count). The third kappa shape index (κ3) is 3.13. The number of hydrogen-bond acceptors (Lipinski definition) is 7. The fourth-order valence-corrected chi connectivity index (χ4v) is 5.25. The minimum absolute atomic E-state index is 0.139. The van der Waals surface area contributed by atoms with Crippen LogP contribution in [0.3, 0.4) is 0 Å². The molecule has 1 amide bonds. The van der Waals surface area contributed by atoms with E-state index in [0.717, 1.165) is 25.0 Å². The van der Waals surface area contributed by atoms with Gasteiger partial charge in [-0.3, -0.25) is 9.88 Å². The smallest absolute Gasteiger partial charge is 0.414 e. The summed E-state index contributed by atoms with van der Waals surface area (Å²) in [7, 11) is 0. The van der Waals surface area contributed by atoms with Gasteiger partial charge in [-0.2, -0.15) is 9.65 Å². The van der Waals surface area contributed by atoms with E-state index in [2.05, 4.69) is 26.7 Å². The zero-order chi connectivity index (χ0) is 23.4. The topological polar surface area (TPSA) is 109 Å². The van der Waals surface area contributed by atoms with Gasteiger partial charge in [-0.15, -0.1) is 0 Å². The van der Waals surface area contributed by atoms with Crippen molar-refractivity contribution in [2.24, 2.45) is 11.8 Å². The molecule has 9 nitrogen and oxygen atoms in total. The van der Waals surface area contributed by atoms with Crippen LogP contribution in [0.4, 0.5) is 19.3 Å². The Bertz CT molecular complexity index is 1310. The number of anilines is 1. The van der Waals surface area contributed by atoms with Crippen molar-refractivity contribution in [2.75, 3.05) is 24.5 Å². The number of carbonyl (C=O) groups is 1. The summed E-state index contributed by atoms with van der Waals surface area (Å²) in [6, 6.07) is 10.5. The fraction of sp³-hybridized carbons (Fsp3) is 0.348. The number of rotatable bonds is 5. The Kier molecular flexibility index (Phi) is 4.60. The van der Waals surface area contributed by atoms with Gasteiger partial charge in [-0.05, 0) is 24.3 Å². The molecule has 3 fully saturated rings. The third-order valence-corrected chi connectivity index (χ3v) is 7.00. The van der Waals surface area contributed by atoms with E-state index in [-0.39, 0.29) is 24.9 Å². The van der Waals surface area contributed by atoms with E-state index in [1.807, 2.05) is 0 Å². The van der Waals surface area contributed by atoms with Crippen LogP contribution in [-0.2, 0) is 16.7 Å². The van der Waals surface area contributed by atoms with Crippen LogP contribution in [0.2, 0.25) is 0 Å². The molecule has 1 N–H and O–H groups in total. The van der Waals surface area contributed by atoms with Crippen molar-refractivity contribution in [2.45, 2.75) is 18.1 Å². The number of cyclic esters (lactones) is 1. The first-order valence-electron chi connectivity index (χ1n) is 10.9. The molecule has 4 heterocycles. The molecule has 0 radical (unpaired) electrons. The molecule has 0 spiro atoms. The lowest BCUT2D eigenvalue weighted by molar-refractivity contribution is 0.129. The van der Waals surface area contributed by atoms with Crippen LogP contribution in [0.15, 0.2) is 42.7 Å². The molecule has 172 valence electrons. The van der Waals surface area contributed by atoms with Gasteiger partial charge < -0.3 is 10.1 Å². The molecule has 1 aromatic carbocycles. The minimum Gasteiger partial charge on any atom is -0.442 e. The summed E-state index contributed by atoms with van der Waals surface area (Å²) in [5.41, 5.74) is 1.46. The molecule has 11 heteroatoms. The molecule has 3 aliphatic rings. The highest BCUT2D eigenvalue weighted by atomic mass is 19.1. The van der Waals surface area contributed by atoms with Gasteiger partial charge in [0.2, 0.25) is 0 Å². The quantitative estimate of drug-likeness (QED) is 0.618. The number of fused-ring (bicyclic) bond motifs is 1. The average Bonchev–Trinajstić information content (AvgIpc) is 3.29. The van der Waals surface area contributed by atoms with Crippen LogP contribution in [0.5, 0.6) is 0 Å². The molecule has 2 saturated heterocycles. The van der Waals surface area contributed by atoms with Crippen molar-refractivity contribution in [3.63, 3.8) is 0 Å². The summed E-state index contributed by atoms with van der Waals surface area (Å²) in [5.74, 6) is -0.677. The van der Waals surface area contributed by atoms with Crippen molar-refractivity contribution in [1.82, 2.24) is 25.3 Å². The van der Waals surface area contributed by atoms with E-state index in [1.165, 1.54) is 15.6 Å². The van der Waals surface area contributed by atoms with Crippen LogP contribution in [0, 0.1) is 34.9 Å². The number of amides is 1. The van der Waals surface area contributed by atoms with Gasteiger partial charge in [-0.25, -0.2) is 13.9 Å². The molecule has 1 aliphatic carbocycles. The van der Waals surface area contributed by atoms with E-state index >= 15 is 4.39 Å². The van der Waals surface area contributed by atoms with Crippen molar-refractivity contribution < 1.29 is 18.3 Å². The Labute approximate surface area is 193 Å². The summed E-state index contributed by atoms with van der Waals surface area (Å²) < 4.78 is 34.6. The van der Waals surface area contributed by atoms with Crippen molar-refractivity contribution in [3.05, 3.63) is 60.2 Å². The fourth-order valence-electron chi connectivity index (χ4n) is 5.25. The highest BCUT2D eigenvalue weighted by Crippen LogP contribution is 2.60. The second-order valence-electron chi connectivity index (χ2n) is 8.83. The van der Waals surface area contributed by atoms with E-state index in [9.17, 15) is 14.4 Å². The number of carbonyl (C=O) groups excluding carboxylic acids is 1. The lowest BCUT2D eigenvalue weighted by atomic mass is 9.96. The Morgan fingerprint density at radius 1 is 1.24 bits per heavy atom. The van der Waals surface area contributed by atoms with Crippen molar-refractivity contribution in [1.29, 1.82) is 5.26 Å². The number of pyridine rings is 1. The van der Waals surface area contributed by atoms with E-state index < -0.39 is 29.4 Å². The van der Waals surface area contributed by atoms with Crippen LogP contribution >= 0.6 is 0 Å². The Hall–Kier alpha value is -3.91. The highest BCUT2D eigenvalue weighted by molar-refractivity contribution is 5.90. The predicted molar refractivity (Wildman–Crippen MR) is 114 cm³/mol. The monoisotopic (exact) mass is 463 g/mol. The molecule has 3 aromatic rings. The Morgan fingerprint density at radius 2 is 2.06 bits per heavy atom. The molecular formula is C23H19F2N7O2. The summed E-state index contributed by atoms with van der Waals surface area (Å²) in [5, 5.41) is 19.9. The predicted octanol–water partition coefficient (Wildman–Crippen LogP) is 2.25. The zero-order valence-electron chi connectivity index (χ0n) is 17.9. The number of ether oxygens (including phenoxy) is 1. The van der Waals surface area contributed by atoms with Crippen molar-refractivity contribution in [3.8, 4) is 17.2 Å². The minimum atomic E-state index is -0.721. The van der Waals surface area contributed by atoms with Gasteiger partial charge in [0.05, 0.1) is 36.7 Å². The van der Waals surface area contributed by atoms with Crippen molar-refractivity contribution >= 4 is 11.8 Å².